The second-order valence-electron chi connectivity index (χ2n) is 8.36. The molecular weight excluding hydrogens is 470 g/mol. The Labute approximate surface area is 201 Å². The van der Waals surface area contributed by atoms with Gasteiger partial charge in [-0.1, -0.05) is 29.3 Å². The highest BCUT2D eigenvalue weighted by Crippen LogP contribution is 2.39. The molecule has 0 aliphatic rings. The van der Waals surface area contributed by atoms with E-state index in [-0.39, 0.29) is 17.3 Å². The average Bonchev–Trinajstić information content (AvgIpc) is 3.09. The van der Waals surface area contributed by atoms with E-state index in [0.29, 0.717) is 22.2 Å². The van der Waals surface area contributed by atoms with Crippen molar-refractivity contribution in [2.24, 2.45) is 10.2 Å². The first-order chi connectivity index (χ1) is 16.5. The fourth-order valence-electron chi connectivity index (χ4n) is 3.87. The smallest absolute Gasteiger partial charge is 0.270 e. The normalized spacial score (nSPS) is 11.9. The van der Waals surface area contributed by atoms with Crippen molar-refractivity contribution in [2.45, 2.75) is 32.6 Å². The van der Waals surface area contributed by atoms with Gasteiger partial charge in [-0.3, -0.25) is 14.8 Å². The van der Waals surface area contributed by atoms with E-state index in [1.54, 1.807) is 19.1 Å². The number of nitro groups is 1. The molecule has 1 heterocycles. The molecule has 0 aliphatic carbocycles. The second kappa shape index (κ2) is 8.84. The third kappa shape index (κ3) is 4.71. The number of H-pyrrole nitrogens is 1. The van der Waals surface area contributed by atoms with E-state index >= 15 is 0 Å². The summed E-state index contributed by atoms with van der Waals surface area (Å²) in [7, 11) is -4.27. The lowest BCUT2D eigenvalue weighted by Gasteiger charge is -2.12. The maximum Gasteiger partial charge on any atom is 0.270 e. The minimum absolute atomic E-state index is 0.119. The summed E-state index contributed by atoms with van der Waals surface area (Å²) in [4.78, 5) is 13.1. The number of benzene rings is 3. The Hall–Kier alpha value is -4.25. The molecule has 0 aliphatic heterocycles. The predicted molar refractivity (Wildman–Crippen MR) is 133 cm³/mol. The number of nitrogens with one attached hydrogen (secondary N) is 2. The highest BCUT2D eigenvalue weighted by atomic mass is 32.2. The van der Waals surface area contributed by atoms with Gasteiger partial charge in [-0.2, -0.15) is 0 Å². The largest absolute Gasteiger partial charge is 0.493 e. The van der Waals surface area contributed by atoms with Gasteiger partial charge >= 0.3 is 0 Å². The maximum absolute atomic E-state index is 13.3. The van der Waals surface area contributed by atoms with Crippen LogP contribution in [0.1, 0.15) is 22.3 Å². The number of hydrogen-bond donors (Lipinski definition) is 3. The van der Waals surface area contributed by atoms with Crippen molar-refractivity contribution in [3.63, 3.8) is 0 Å². The number of sulfonamides is 1. The van der Waals surface area contributed by atoms with E-state index in [2.05, 4.69) is 19.9 Å². The maximum atomic E-state index is 13.3. The molecule has 0 saturated heterocycles. The Kier molecular flexibility index (Phi) is 6.03. The molecule has 4 rings (SSSR count). The molecule has 0 bridgehead atoms. The Morgan fingerprint density at radius 3 is 2.34 bits per heavy atom. The Balaban J connectivity index is 1.82. The molecule has 1 aromatic heterocycles. The first-order valence-corrected chi connectivity index (χ1v) is 12.1. The zero-order valence-electron chi connectivity index (χ0n) is 19.4. The average molecular weight is 494 g/mol. The molecule has 10 nitrogen and oxygen atoms in total. The van der Waals surface area contributed by atoms with Crippen LogP contribution in [0.25, 0.3) is 10.9 Å². The number of fused-ring (bicyclic) bond motifs is 1. The first-order valence-electron chi connectivity index (χ1n) is 10.6. The molecule has 11 heteroatoms. The summed E-state index contributed by atoms with van der Waals surface area (Å²) in [6.07, 6.45) is 0. The summed E-state index contributed by atoms with van der Waals surface area (Å²) in [6, 6.07) is 12.2. The van der Waals surface area contributed by atoms with Crippen molar-refractivity contribution in [2.75, 3.05) is 4.72 Å². The molecular formula is C24H23N5O5S. The van der Waals surface area contributed by atoms with Crippen LogP contribution in [0.3, 0.4) is 0 Å². The van der Waals surface area contributed by atoms with Gasteiger partial charge in [0.2, 0.25) is 5.88 Å². The van der Waals surface area contributed by atoms with Gasteiger partial charge in [0.05, 0.1) is 16.1 Å². The van der Waals surface area contributed by atoms with Crippen LogP contribution in [0.2, 0.25) is 0 Å². The molecule has 35 heavy (non-hydrogen) atoms. The summed E-state index contributed by atoms with van der Waals surface area (Å²) in [6.45, 7) is 7.42. The van der Waals surface area contributed by atoms with Gasteiger partial charge in [0.25, 0.3) is 15.7 Å². The van der Waals surface area contributed by atoms with Gasteiger partial charge < -0.3 is 10.1 Å². The number of nitrogens with zero attached hydrogens (tertiary/aromatic N) is 3. The molecule has 3 aromatic carbocycles. The summed E-state index contributed by atoms with van der Waals surface area (Å²) in [5.74, 6) is -0.225. The van der Waals surface area contributed by atoms with E-state index in [0.717, 1.165) is 28.8 Å². The number of rotatable bonds is 6. The number of anilines is 1. The van der Waals surface area contributed by atoms with Gasteiger partial charge in [-0.25, -0.2) is 8.42 Å². The van der Waals surface area contributed by atoms with Gasteiger partial charge in [0.1, 0.15) is 10.6 Å². The van der Waals surface area contributed by atoms with Crippen molar-refractivity contribution in [1.29, 1.82) is 0 Å². The van der Waals surface area contributed by atoms with Gasteiger partial charge in [0, 0.05) is 17.5 Å². The highest BCUT2D eigenvalue weighted by Gasteiger charge is 2.24. The lowest BCUT2D eigenvalue weighted by Crippen LogP contribution is -2.14. The molecule has 0 radical (unpaired) electrons. The fraction of sp³-hybridized carbons (Fsp3) is 0.167. The number of aryl methyl sites for hydroxylation is 4. The number of aromatic hydroxyl groups is 1. The SMILES string of the molecule is Cc1ccc(NS(=O)(=O)c2cc([N+](=O)[O-])ccc2N=Nc2c(O)[nH]c3c(C)cc(C)cc23)c(C)c1. The van der Waals surface area contributed by atoms with Crippen LogP contribution < -0.4 is 4.72 Å². The van der Waals surface area contributed by atoms with Crippen LogP contribution in [0.5, 0.6) is 5.88 Å². The summed E-state index contributed by atoms with van der Waals surface area (Å²) in [5.41, 5.74) is 4.11. The highest BCUT2D eigenvalue weighted by molar-refractivity contribution is 7.92. The molecule has 3 N–H and O–H groups in total. The molecule has 0 unspecified atom stereocenters. The van der Waals surface area contributed by atoms with E-state index in [1.165, 1.54) is 6.07 Å². The topological polar surface area (TPSA) is 150 Å². The van der Waals surface area contributed by atoms with Gasteiger partial charge in [0.15, 0.2) is 5.69 Å². The summed E-state index contributed by atoms with van der Waals surface area (Å²) < 4.78 is 29.0. The van der Waals surface area contributed by atoms with Gasteiger partial charge in [-0.15, -0.1) is 10.2 Å². The quantitative estimate of drug-likeness (QED) is 0.165. The van der Waals surface area contributed by atoms with Crippen LogP contribution in [0.4, 0.5) is 22.7 Å². The van der Waals surface area contributed by atoms with Crippen molar-refractivity contribution in [3.8, 4) is 5.88 Å². The fourth-order valence-corrected chi connectivity index (χ4v) is 5.16. The molecule has 0 fully saturated rings. The number of non-ortho nitro benzene ring substituents is 1. The minimum Gasteiger partial charge on any atom is -0.493 e. The van der Waals surface area contributed by atoms with Crippen LogP contribution in [0.15, 0.2) is 63.7 Å². The molecule has 180 valence electrons. The zero-order chi connectivity index (χ0) is 25.5. The monoisotopic (exact) mass is 493 g/mol. The van der Waals surface area contributed by atoms with E-state index in [4.69, 9.17) is 0 Å². The number of azo groups is 1. The second-order valence-corrected chi connectivity index (χ2v) is 10.0. The molecule has 4 aromatic rings. The summed E-state index contributed by atoms with van der Waals surface area (Å²) >= 11 is 0. The number of hydrogen-bond acceptors (Lipinski definition) is 7. The van der Waals surface area contributed by atoms with Crippen LogP contribution >= 0.6 is 0 Å². The number of aromatic amines is 1. The lowest BCUT2D eigenvalue weighted by molar-refractivity contribution is -0.385. The third-order valence-electron chi connectivity index (χ3n) is 5.53. The van der Waals surface area contributed by atoms with Crippen LogP contribution in [0, 0.1) is 37.8 Å². The molecule has 0 spiro atoms. The van der Waals surface area contributed by atoms with E-state index in [9.17, 15) is 23.6 Å². The van der Waals surface area contributed by atoms with E-state index in [1.807, 2.05) is 39.0 Å². The van der Waals surface area contributed by atoms with Crippen LogP contribution in [-0.4, -0.2) is 23.4 Å². The number of aromatic nitrogens is 1. The molecule has 0 saturated carbocycles. The first kappa shape index (κ1) is 23.9. The predicted octanol–water partition coefficient (Wildman–Crippen LogP) is 6.23. The third-order valence-corrected chi connectivity index (χ3v) is 6.93. The van der Waals surface area contributed by atoms with Crippen molar-refractivity contribution >= 4 is 43.7 Å². The Morgan fingerprint density at radius 1 is 0.943 bits per heavy atom. The minimum atomic E-state index is -4.27. The summed E-state index contributed by atoms with van der Waals surface area (Å²) in [5, 5.41) is 30.5. The lowest BCUT2D eigenvalue weighted by atomic mass is 10.1. The van der Waals surface area contributed by atoms with E-state index < -0.39 is 25.5 Å². The Morgan fingerprint density at radius 2 is 1.66 bits per heavy atom. The van der Waals surface area contributed by atoms with Crippen molar-refractivity contribution < 1.29 is 18.4 Å². The van der Waals surface area contributed by atoms with Gasteiger partial charge in [-0.05, 0) is 57.0 Å². The zero-order valence-corrected chi connectivity index (χ0v) is 20.3. The van der Waals surface area contributed by atoms with Crippen molar-refractivity contribution in [1.82, 2.24) is 4.98 Å². The van der Waals surface area contributed by atoms with Crippen LogP contribution in [-0.2, 0) is 10.0 Å². The molecule has 0 atom stereocenters. The molecule has 0 amide bonds. The van der Waals surface area contributed by atoms with Crippen molar-refractivity contribution in [3.05, 3.63) is 80.9 Å². The standard InChI is InChI=1S/C24H23N5O5S/c1-13-5-7-19(15(3)9-13)28-35(33,34)21-12-17(29(31)32)6-8-20(21)26-27-23-18-11-14(2)10-16(4)22(18)25-24(23)30/h5-12,25,28,30H,1-4H3. The number of nitro benzene ring substituents is 1. The Bertz CT molecular complexity index is 1620.